The van der Waals surface area contributed by atoms with Crippen LogP contribution in [0.1, 0.15) is 22.7 Å². The van der Waals surface area contributed by atoms with E-state index in [4.69, 9.17) is 9.47 Å². The Hall–Kier alpha value is -2.51. The molecule has 1 aliphatic carbocycles. The lowest BCUT2D eigenvalue weighted by Crippen LogP contribution is -2.35. The van der Waals surface area contributed by atoms with Crippen LogP contribution in [0.25, 0.3) is 11.1 Å². The van der Waals surface area contributed by atoms with E-state index in [-0.39, 0.29) is 6.04 Å². The van der Waals surface area contributed by atoms with Gasteiger partial charge in [0.15, 0.2) is 11.5 Å². The van der Waals surface area contributed by atoms with Gasteiger partial charge in [0.2, 0.25) is 10.0 Å². The van der Waals surface area contributed by atoms with Crippen molar-refractivity contribution in [2.45, 2.75) is 18.9 Å². The number of sulfonamides is 1. The van der Waals surface area contributed by atoms with Crippen LogP contribution in [-0.4, -0.2) is 46.9 Å². The Kier molecular flexibility index (Phi) is 5.04. The Morgan fingerprint density at radius 3 is 2.79 bits per heavy atom. The van der Waals surface area contributed by atoms with E-state index in [2.05, 4.69) is 29.3 Å². The van der Waals surface area contributed by atoms with Crippen molar-refractivity contribution in [1.29, 1.82) is 0 Å². The summed E-state index contributed by atoms with van der Waals surface area (Å²) in [4.78, 5) is 2.38. The topological polar surface area (TPSA) is 67.9 Å². The van der Waals surface area contributed by atoms with E-state index < -0.39 is 10.0 Å². The smallest absolute Gasteiger partial charge is 0.229 e. The summed E-state index contributed by atoms with van der Waals surface area (Å²) >= 11 is 0. The first-order valence-electron chi connectivity index (χ1n) is 9.61. The highest BCUT2D eigenvalue weighted by atomic mass is 32.2. The molecule has 2 aliphatic rings. The molecular weight excluding hydrogens is 388 g/mol. The Morgan fingerprint density at radius 2 is 2.10 bits per heavy atom. The number of hydrogen-bond acceptors (Lipinski definition) is 5. The van der Waals surface area contributed by atoms with Gasteiger partial charge in [-0.25, -0.2) is 8.42 Å². The van der Waals surface area contributed by atoms with Crippen LogP contribution in [0.5, 0.6) is 11.5 Å². The van der Waals surface area contributed by atoms with Crippen molar-refractivity contribution in [1.82, 2.24) is 4.90 Å². The number of hydrogen-bond donors (Lipinski definition) is 1. The number of ether oxygens (including phenoxy) is 2. The minimum atomic E-state index is -3.37. The van der Waals surface area contributed by atoms with Gasteiger partial charge < -0.3 is 9.47 Å². The lowest BCUT2D eigenvalue weighted by molar-refractivity contribution is 0.226. The van der Waals surface area contributed by atoms with E-state index >= 15 is 0 Å². The monoisotopic (exact) mass is 414 g/mol. The maximum absolute atomic E-state index is 11.8. The highest BCUT2D eigenvalue weighted by molar-refractivity contribution is 7.92. The van der Waals surface area contributed by atoms with E-state index in [1.165, 1.54) is 11.1 Å². The molecule has 29 heavy (non-hydrogen) atoms. The molecule has 1 atom stereocenters. The Morgan fingerprint density at radius 1 is 1.31 bits per heavy atom. The fourth-order valence-electron chi connectivity index (χ4n) is 4.40. The van der Waals surface area contributed by atoms with Crippen LogP contribution in [0.15, 0.2) is 36.9 Å². The molecule has 1 unspecified atom stereocenters. The molecule has 0 bridgehead atoms. The highest BCUT2D eigenvalue weighted by Gasteiger charge is 2.36. The lowest BCUT2D eigenvalue weighted by atomic mass is 9.76. The molecule has 0 amide bonds. The zero-order chi connectivity index (χ0) is 20.8. The van der Waals surface area contributed by atoms with Crippen LogP contribution in [-0.2, 0) is 22.9 Å². The number of anilines is 1. The zero-order valence-electron chi connectivity index (χ0n) is 17.0. The van der Waals surface area contributed by atoms with Crippen LogP contribution in [0.2, 0.25) is 0 Å². The first kappa shape index (κ1) is 19.8. The summed E-state index contributed by atoms with van der Waals surface area (Å²) in [6.07, 6.45) is 4.67. The van der Waals surface area contributed by atoms with E-state index in [0.29, 0.717) is 23.8 Å². The van der Waals surface area contributed by atoms with Crippen molar-refractivity contribution >= 4 is 15.7 Å². The minimum absolute atomic E-state index is 0.256. The molecule has 1 aliphatic heterocycles. The maximum atomic E-state index is 11.8. The third kappa shape index (κ3) is 3.60. The Labute approximate surface area is 172 Å². The summed E-state index contributed by atoms with van der Waals surface area (Å²) in [7, 11) is 0.428. The number of methoxy groups -OCH3 is 1. The van der Waals surface area contributed by atoms with E-state index in [1.807, 2.05) is 18.2 Å². The third-order valence-electron chi connectivity index (χ3n) is 5.63. The van der Waals surface area contributed by atoms with E-state index in [0.717, 1.165) is 42.3 Å². The fourth-order valence-corrected chi connectivity index (χ4v) is 4.96. The Bertz CT molecular complexity index is 1080. The second-order valence-electron chi connectivity index (χ2n) is 7.65. The standard InChI is InChI=1S/C22H26N2O4S/c1-5-10-28-22-19(27-3)12-15-8-9-24(2)18-11-14-6-7-16(23-29(4,25)26)13-17(14)21(22)20(15)18/h5-7,12-13,18,23H,1,8-11H2,2-4H3. The third-order valence-corrected chi connectivity index (χ3v) is 6.24. The molecule has 0 spiro atoms. The molecule has 0 saturated heterocycles. The second-order valence-corrected chi connectivity index (χ2v) is 9.40. The molecule has 0 radical (unpaired) electrons. The van der Waals surface area contributed by atoms with Crippen LogP contribution in [0.4, 0.5) is 5.69 Å². The molecule has 2 aromatic carbocycles. The highest BCUT2D eigenvalue weighted by Crippen LogP contribution is 2.52. The second kappa shape index (κ2) is 7.39. The van der Waals surface area contributed by atoms with Crippen molar-refractivity contribution < 1.29 is 17.9 Å². The van der Waals surface area contributed by atoms with Gasteiger partial charge in [-0.2, -0.15) is 0 Å². The number of benzene rings is 2. The molecule has 0 aromatic heterocycles. The summed E-state index contributed by atoms with van der Waals surface area (Å²) in [6.45, 7) is 5.11. The van der Waals surface area contributed by atoms with Gasteiger partial charge in [-0.05, 0) is 60.3 Å². The van der Waals surface area contributed by atoms with Gasteiger partial charge in [0, 0.05) is 23.8 Å². The quantitative estimate of drug-likeness (QED) is 0.734. The molecule has 6 nitrogen and oxygen atoms in total. The number of nitrogens with zero attached hydrogens (tertiary/aromatic N) is 1. The Balaban J connectivity index is 1.99. The SMILES string of the molecule is C=CCOc1c(OC)cc2c3c1-c1cc(NS(C)(=O)=O)ccc1CC3N(C)CC2. The van der Waals surface area contributed by atoms with Crippen molar-refractivity contribution in [3.8, 4) is 22.6 Å². The number of rotatable bonds is 6. The molecule has 0 fully saturated rings. The molecule has 0 saturated carbocycles. The van der Waals surface area contributed by atoms with Gasteiger partial charge in [0.1, 0.15) is 6.61 Å². The number of nitrogens with one attached hydrogen (secondary N) is 1. The predicted molar refractivity (Wildman–Crippen MR) is 115 cm³/mol. The summed E-state index contributed by atoms with van der Waals surface area (Å²) in [5, 5.41) is 0. The first-order valence-corrected chi connectivity index (χ1v) is 11.5. The molecule has 1 N–H and O–H groups in total. The van der Waals surface area contributed by atoms with Crippen molar-refractivity contribution in [3.63, 3.8) is 0 Å². The van der Waals surface area contributed by atoms with Crippen LogP contribution < -0.4 is 14.2 Å². The number of likely N-dealkylation sites (N-methyl/N-ethyl adjacent to an activating group) is 1. The summed E-state index contributed by atoms with van der Waals surface area (Å²) in [6, 6.07) is 8.06. The normalized spacial score (nSPS) is 17.8. The molecule has 7 heteroatoms. The van der Waals surface area contributed by atoms with Gasteiger partial charge in [-0.3, -0.25) is 9.62 Å². The fraction of sp³-hybridized carbons (Fsp3) is 0.364. The van der Waals surface area contributed by atoms with E-state index in [9.17, 15) is 8.42 Å². The van der Waals surface area contributed by atoms with Crippen molar-refractivity contribution in [2.24, 2.45) is 0 Å². The molecule has 1 heterocycles. The first-order chi connectivity index (χ1) is 13.8. The van der Waals surface area contributed by atoms with Crippen LogP contribution in [0.3, 0.4) is 0 Å². The summed E-state index contributed by atoms with van der Waals surface area (Å²) in [5.74, 6) is 1.38. The molecule has 2 aromatic rings. The molecular formula is C22H26N2O4S. The largest absolute Gasteiger partial charge is 0.493 e. The van der Waals surface area contributed by atoms with Gasteiger partial charge in [0.25, 0.3) is 0 Å². The maximum Gasteiger partial charge on any atom is 0.229 e. The van der Waals surface area contributed by atoms with Crippen molar-refractivity contribution in [3.05, 3.63) is 53.6 Å². The average molecular weight is 415 g/mol. The molecule has 4 rings (SSSR count). The lowest BCUT2D eigenvalue weighted by Gasteiger charge is -2.40. The van der Waals surface area contributed by atoms with Gasteiger partial charge in [0.05, 0.1) is 13.4 Å². The zero-order valence-corrected chi connectivity index (χ0v) is 17.8. The van der Waals surface area contributed by atoms with Crippen LogP contribution >= 0.6 is 0 Å². The van der Waals surface area contributed by atoms with Gasteiger partial charge in [-0.1, -0.05) is 18.7 Å². The van der Waals surface area contributed by atoms with E-state index in [1.54, 1.807) is 13.2 Å². The molecule has 154 valence electrons. The number of fused-ring (bicyclic) bond motifs is 2. The summed E-state index contributed by atoms with van der Waals surface area (Å²) in [5.41, 5.74) is 6.20. The average Bonchev–Trinajstić information content (AvgIpc) is 2.67. The van der Waals surface area contributed by atoms with Gasteiger partial charge >= 0.3 is 0 Å². The van der Waals surface area contributed by atoms with Crippen LogP contribution in [0, 0.1) is 0 Å². The summed E-state index contributed by atoms with van der Waals surface area (Å²) < 4.78 is 37.9. The predicted octanol–water partition coefficient (Wildman–Crippen LogP) is 3.38. The minimum Gasteiger partial charge on any atom is -0.493 e. The van der Waals surface area contributed by atoms with Crippen molar-refractivity contribution in [2.75, 3.05) is 38.3 Å². The van der Waals surface area contributed by atoms with Gasteiger partial charge in [-0.15, -0.1) is 0 Å².